The van der Waals surface area contributed by atoms with Crippen molar-refractivity contribution in [2.24, 2.45) is 0 Å². The van der Waals surface area contributed by atoms with Crippen LogP contribution in [0.4, 0.5) is 11.6 Å². The Morgan fingerprint density at radius 1 is 0.625 bits per heavy atom. The van der Waals surface area contributed by atoms with E-state index in [0.29, 0.717) is 0 Å². The van der Waals surface area contributed by atoms with Gasteiger partial charge in [0.15, 0.2) is 0 Å². The maximum atomic E-state index is 4.82. The van der Waals surface area contributed by atoms with Gasteiger partial charge in [-0.05, 0) is 22.9 Å². The second-order valence-electron chi connectivity index (χ2n) is 5.89. The number of H-pyrrole nitrogens is 1. The topological polar surface area (TPSA) is 40.7 Å². The van der Waals surface area contributed by atoms with E-state index in [1.807, 2.05) is 30.3 Å². The summed E-state index contributed by atoms with van der Waals surface area (Å²) in [5, 5.41) is 8.20. The molecule has 1 heterocycles. The summed E-state index contributed by atoms with van der Waals surface area (Å²) in [4.78, 5) is 8.28. The van der Waals surface area contributed by atoms with Crippen LogP contribution >= 0.6 is 0 Å². The van der Waals surface area contributed by atoms with E-state index in [-0.39, 0.29) is 0 Å². The lowest BCUT2D eigenvalue weighted by Crippen LogP contribution is -1.91. The van der Waals surface area contributed by atoms with Gasteiger partial charge in [-0.3, -0.25) is 0 Å². The van der Waals surface area contributed by atoms with Gasteiger partial charge in [-0.1, -0.05) is 66.7 Å². The maximum Gasteiger partial charge on any atom is 0.205 e. The summed E-state index contributed by atoms with van der Waals surface area (Å²) in [7, 11) is 0. The van der Waals surface area contributed by atoms with Crippen LogP contribution < -0.4 is 5.32 Å². The molecule has 0 unspecified atom stereocenters. The summed E-state index contributed by atoms with van der Waals surface area (Å²) in [6, 6.07) is 27.0. The van der Waals surface area contributed by atoms with Crippen LogP contribution in [0.5, 0.6) is 0 Å². The molecule has 0 bridgehead atoms. The van der Waals surface area contributed by atoms with Crippen LogP contribution in [0.25, 0.3) is 32.6 Å². The average molecular weight is 309 g/mol. The number of nitrogens with one attached hydrogen (secondary N) is 2. The first-order valence-corrected chi connectivity index (χ1v) is 8.01. The van der Waals surface area contributed by atoms with Crippen molar-refractivity contribution in [3.8, 4) is 0 Å². The van der Waals surface area contributed by atoms with Crippen molar-refractivity contribution in [1.82, 2.24) is 9.97 Å². The minimum Gasteiger partial charge on any atom is -0.326 e. The van der Waals surface area contributed by atoms with E-state index in [1.165, 1.54) is 21.5 Å². The predicted octanol–water partition coefficient (Wildman–Crippen LogP) is 5.61. The number of aromatic amines is 1. The molecule has 2 N–H and O–H groups in total. The zero-order chi connectivity index (χ0) is 15.9. The normalized spacial score (nSPS) is 11.3. The minimum absolute atomic E-state index is 0.762. The Balaban J connectivity index is 1.82. The molecule has 0 aliphatic carbocycles. The van der Waals surface area contributed by atoms with Crippen LogP contribution in [0.3, 0.4) is 0 Å². The molecule has 0 radical (unpaired) electrons. The number of aromatic nitrogens is 2. The first kappa shape index (κ1) is 13.1. The second kappa shape index (κ2) is 5.10. The Bertz CT molecular complexity index is 1100. The van der Waals surface area contributed by atoms with Crippen LogP contribution in [0, 0.1) is 0 Å². The summed E-state index contributed by atoms with van der Waals surface area (Å²) < 4.78 is 0. The van der Waals surface area contributed by atoms with Gasteiger partial charge >= 0.3 is 0 Å². The molecule has 0 spiro atoms. The Hall–Kier alpha value is -3.33. The van der Waals surface area contributed by atoms with Crippen LogP contribution in [0.1, 0.15) is 0 Å². The lowest BCUT2D eigenvalue weighted by molar-refractivity contribution is 1.31. The summed E-state index contributed by atoms with van der Waals surface area (Å²) in [6.07, 6.45) is 0. The SMILES string of the molecule is c1ccc(Nc2nc3c4ccccc4c4ccccc4c3[nH]2)cc1. The molecular formula is C21H15N3. The Labute approximate surface area is 139 Å². The number of anilines is 2. The van der Waals surface area contributed by atoms with Gasteiger partial charge in [-0.25, -0.2) is 4.98 Å². The summed E-state index contributed by atoms with van der Waals surface area (Å²) in [5.74, 6) is 0.762. The molecule has 0 saturated heterocycles. The maximum absolute atomic E-state index is 4.82. The van der Waals surface area contributed by atoms with Crippen LogP contribution in [-0.2, 0) is 0 Å². The molecule has 0 atom stereocenters. The first-order chi connectivity index (χ1) is 11.9. The van der Waals surface area contributed by atoms with Crippen molar-refractivity contribution in [2.45, 2.75) is 0 Å². The quantitative estimate of drug-likeness (QED) is 0.416. The third-order valence-electron chi connectivity index (χ3n) is 4.41. The molecule has 1 aromatic heterocycles. The van der Waals surface area contributed by atoms with Crippen molar-refractivity contribution in [3.63, 3.8) is 0 Å². The molecule has 0 aliphatic rings. The number of nitrogens with zero attached hydrogens (tertiary/aromatic N) is 1. The lowest BCUT2D eigenvalue weighted by atomic mass is 10.0. The van der Waals surface area contributed by atoms with Crippen molar-refractivity contribution in [3.05, 3.63) is 78.9 Å². The predicted molar refractivity (Wildman–Crippen MR) is 101 cm³/mol. The molecule has 5 aromatic rings. The third kappa shape index (κ3) is 1.95. The fraction of sp³-hybridized carbons (Fsp3) is 0. The number of fused-ring (bicyclic) bond motifs is 6. The van der Waals surface area contributed by atoms with Crippen molar-refractivity contribution in [1.29, 1.82) is 0 Å². The molecular weight excluding hydrogens is 294 g/mol. The standard InChI is InChI=1S/C21H15N3/c1-2-8-14(9-3-1)22-21-23-19-17-12-6-4-10-15(17)16-11-5-7-13-18(16)20(19)24-21/h1-13H,(H2,22,23,24). The van der Waals surface area contributed by atoms with Crippen LogP contribution in [-0.4, -0.2) is 9.97 Å². The first-order valence-electron chi connectivity index (χ1n) is 8.01. The Kier molecular flexibility index (Phi) is 2.79. The smallest absolute Gasteiger partial charge is 0.205 e. The molecule has 0 fully saturated rings. The highest BCUT2D eigenvalue weighted by atomic mass is 15.1. The fourth-order valence-electron chi connectivity index (χ4n) is 3.34. The van der Waals surface area contributed by atoms with Crippen molar-refractivity contribution < 1.29 is 0 Å². The number of benzene rings is 4. The van der Waals surface area contributed by atoms with Gasteiger partial charge in [-0.2, -0.15) is 0 Å². The molecule has 0 aliphatic heterocycles. The van der Waals surface area contributed by atoms with Gasteiger partial charge in [0.2, 0.25) is 5.95 Å². The molecule has 0 amide bonds. The van der Waals surface area contributed by atoms with Gasteiger partial charge in [-0.15, -0.1) is 0 Å². The minimum atomic E-state index is 0.762. The van der Waals surface area contributed by atoms with E-state index in [1.54, 1.807) is 0 Å². The Morgan fingerprint density at radius 2 is 1.21 bits per heavy atom. The highest BCUT2D eigenvalue weighted by Crippen LogP contribution is 2.34. The largest absolute Gasteiger partial charge is 0.326 e. The van der Waals surface area contributed by atoms with E-state index >= 15 is 0 Å². The van der Waals surface area contributed by atoms with Gasteiger partial charge in [0.25, 0.3) is 0 Å². The highest BCUT2D eigenvalue weighted by Gasteiger charge is 2.12. The molecule has 3 heteroatoms. The number of rotatable bonds is 2. The zero-order valence-electron chi connectivity index (χ0n) is 13.0. The van der Waals surface area contributed by atoms with Gasteiger partial charge < -0.3 is 10.3 Å². The van der Waals surface area contributed by atoms with E-state index in [4.69, 9.17) is 4.98 Å². The van der Waals surface area contributed by atoms with E-state index < -0.39 is 0 Å². The highest BCUT2D eigenvalue weighted by molar-refractivity contribution is 6.23. The van der Waals surface area contributed by atoms with Crippen LogP contribution in [0.15, 0.2) is 78.9 Å². The summed E-state index contributed by atoms with van der Waals surface area (Å²) in [6.45, 7) is 0. The zero-order valence-corrected chi connectivity index (χ0v) is 13.0. The van der Waals surface area contributed by atoms with Gasteiger partial charge in [0.1, 0.15) is 0 Å². The summed E-state index contributed by atoms with van der Waals surface area (Å²) in [5.41, 5.74) is 3.09. The van der Waals surface area contributed by atoms with Crippen molar-refractivity contribution >= 4 is 44.2 Å². The third-order valence-corrected chi connectivity index (χ3v) is 4.41. The van der Waals surface area contributed by atoms with Gasteiger partial charge in [0.05, 0.1) is 11.0 Å². The van der Waals surface area contributed by atoms with E-state index in [2.05, 4.69) is 58.8 Å². The number of hydrogen-bond donors (Lipinski definition) is 2. The molecule has 3 nitrogen and oxygen atoms in total. The molecule has 0 saturated carbocycles. The van der Waals surface area contributed by atoms with Gasteiger partial charge in [0, 0.05) is 16.5 Å². The number of hydrogen-bond acceptors (Lipinski definition) is 2. The molecule has 114 valence electrons. The summed E-state index contributed by atoms with van der Waals surface area (Å²) >= 11 is 0. The van der Waals surface area contributed by atoms with E-state index in [0.717, 1.165) is 22.7 Å². The van der Waals surface area contributed by atoms with Crippen molar-refractivity contribution in [2.75, 3.05) is 5.32 Å². The molecule has 4 aromatic carbocycles. The van der Waals surface area contributed by atoms with E-state index in [9.17, 15) is 0 Å². The second-order valence-corrected chi connectivity index (χ2v) is 5.89. The lowest BCUT2D eigenvalue weighted by Gasteiger charge is -2.05. The fourth-order valence-corrected chi connectivity index (χ4v) is 3.34. The van der Waals surface area contributed by atoms with Crippen LogP contribution in [0.2, 0.25) is 0 Å². The average Bonchev–Trinajstić information content (AvgIpc) is 3.07. The Morgan fingerprint density at radius 3 is 1.96 bits per heavy atom. The number of para-hydroxylation sites is 1. The monoisotopic (exact) mass is 309 g/mol. The number of imidazole rings is 1. The molecule has 24 heavy (non-hydrogen) atoms. The molecule has 5 rings (SSSR count).